The van der Waals surface area contributed by atoms with Crippen molar-refractivity contribution in [2.45, 2.75) is 13.1 Å². The van der Waals surface area contributed by atoms with E-state index in [9.17, 15) is 0 Å². The van der Waals surface area contributed by atoms with E-state index in [0.29, 0.717) is 0 Å². The van der Waals surface area contributed by atoms with Crippen molar-refractivity contribution >= 4 is 6.34 Å². The molecule has 38 valence electrons. The minimum absolute atomic E-state index is 0.144. The van der Waals surface area contributed by atoms with Gasteiger partial charge in [0.2, 0.25) is 0 Å². The summed E-state index contributed by atoms with van der Waals surface area (Å²) in [5.41, 5.74) is 0. The Bertz CT molecular complexity index is 125. The van der Waals surface area contributed by atoms with Crippen LogP contribution in [-0.2, 0) is 0 Å². The standard InChI is InChI=1S/C4H8N3/c1-4-5-3-7(2)6-4/h3-4H,1-2H3/q+1/t4-/m0/s1. The molecule has 0 aromatic heterocycles. The molecule has 0 bridgehead atoms. The fourth-order valence-corrected chi connectivity index (χ4v) is 0.516. The second-order valence-electron chi connectivity index (χ2n) is 1.59. The van der Waals surface area contributed by atoms with Crippen molar-refractivity contribution in [2.24, 2.45) is 10.1 Å². The zero-order chi connectivity index (χ0) is 5.28. The first-order valence-corrected chi connectivity index (χ1v) is 2.26. The van der Waals surface area contributed by atoms with E-state index in [1.807, 2.05) is 14.0 Å². The Morgan fingerprint density at radius 3 is 2.57 bits per heavy atom. The second-order valence-corrected chi connectivity index (χ2v) is 1.59. The molecular weight excluding hydrogens is 90.1 g/mol. The number of nitrogens with zero attached hydrogens (tertiary/aromatic N) is 3. The van der Waals surface area contributed by atoms with Crippen molar-refractivity contribution in [1.82, 2.24) is 0 Å². The van der Waals surface area contributed by atoms with Gasteiger partial charge in [0, 0.05) is 6.92 Å². The third kappa shape index (κ3) is 0.824. The summed E-state index contributed by atoms with van der Waals surface area (Å²) < 4.78 is 1.71. The van der Waals surface area contributed by atoms with Crippen molar-refractivity contribution in [3.8, 4) is 0 Å². The molecule has 0 fully saturated rings. The van der Waals surface area contributed by atoms with Crippen LogP contribution in [0.4, 0.5) is 0 Å². The maximum Gasteiger partial charge on any atom is 0.302 e. The lowest BCUT2D eigenvalue weighted by Crippen LogP contribution is -1.92. The molecule has 0 amide bonds. The van der Waals surface area contributed by atoms with Gasteiger partial charge in [-0.05, 0) is 0 Å². The fourth-order valence-electron chi connectivity index (χ4n) is 0.516. The average Bonchev–Trinajstić information content (AvgIpc) is 1.87. The second kappa shape index (κ2) is 1.40. The highest BCUT2D eigenvalue weighted by molar-refractivity contribution is 5.44. The number of azo groups is 2. The number of hydrogen-bond donors (Lipinski definition) is 0. The van der Waals surface area contributed by atoms with Crippen molar-refractivity contribution in [1.29, 1.82) is 0 Å². The van der Waals surface area contributed by atoms with Crippen LogP contribution in [0, 0.1) is 0 Å². The van der Waals surface area contributed by atoms with Crippen LogP contribution in [0.3, 0.4) is 0 Å². The summed E-state index contributed by atoms with van der Waals surface area (Å²) in [5.74, 6) is 0. The van der Waals surface area contributed by atoms with E-state index in [-0.39, 0.29) is 6.17 Å². The topological polar surface area (TPSA) is 27.7 Å². The zero-order valence-corrected chi connectivity index (χ0v) is 4.50. The molecule has 0 aromatic rings. The first-order valence-electron chi connectivity index (χ1n) is 2.26. The molecule has 1 heterocycles. The van der Waals surface area contributed by atoms with Crippen LogP contribution in [0.5, 0.6) is 0 Å². The SMILES string of the molecule is C[C@H]1N=C[N+](C)=N1. The molecule has 3 nitrogen and oxygen atoms in total. The van der Waals surface area contributed by atoms with Gasteiger partial charge in [-0.2, -0.15) is 0 Å². The van der Waals surface area contributed by atoms with Crippen LogP contribution < -0.4 is 0 Å². The molecule has 0 spiro atoms. The summed E-state index contributed by atoms with van der Waals surface area (Å²) in [6.45, 7) is 1.94. The van der Waals surface area contributed by atoms with E-state index in [1.54, 1.807) is 11.0 Å². The fraction of sp³-hybridized carbons (Fsp3) is 0.750. The van der Waals surface area contributed by atoms with Crippen molar-refractivity contribution < 1.29 is 4.70 Å². The lowest BCUT2D eigenvalue weighted by Gasteiger charge is -1.75. The van der Waals surface area contributed by atoms with E-state index >= 15 is 0 Å². The van der Waals surface area contributed by atoms with Crippen molar-refractivity contribution in [3.63, 3.8) is 0 Å². The summed E-state index contributed by atoms with van der Waals surface area (Å²) in [7, 11) is 1.87. The molecule has 0 saturated carbocycles. The van der Waals surface area contributed by atoms with Gasteiger partial charge >= 0.3 is 6.34 Å². The largest absolute Gasteiger partial charge is 0.302 e. The predicted molar refractivity (Wildman–Crippen MR) is 26.6 cm³/mol. The summed E-state index contributed by atoms with van der Waals surface area (Å²) in [6, 6.07) is 0. The van der Waals surface area contributed by atoms with Gasteiger partial charge in [0.1, 0.15) is 7.05 Å². The highest BCUT2D eigenvalue weighted by Gasteiger charge is 2.09. The predicted octanol–water partition coefficient (Wildman–Crippen LogP) is 0.469. The quantitative estimate of drug-likeness (QED) is 0.394. The molecule has 1 aliphatic rings. The highest BCUT2D eigenvalue weighted by atomic mass is 15.4. The van der Waals surface area contributed by atoms with Crippen LogP contribution in [0.25, 0.3) is 0 Å². The number of aliphatic imine (C=N–C) groups is 1. The minimum atomic E-state index is 0.144. The van der Waals surface area contributed by atoms with Crippen molar-refractivity contribution in [3.05, 3.63) is 0 Å². The summed E-state index contributed by atoms with van der Waals surface area (Å²) in [5, 5.41) is 4.00. The Kier molecular flexibility index (Phi) is 0.889. The highest BCUT2D eigenvalue weighted by Crippen LogP contribution is 1.94. The van der Waals surface area contributed by atoms with E-state index in [2.05, 4.69) is 10.1 Å². The number of rotatable bonds is 0. The molecule has 3 heteroatoms. The van der Waals surface area contributed by atoms with Crippen LogP contribution in [-0.4, -0.2) is 24.2 Å². The molecule has 0 aromatic carbocycles. The summed E-state index contributed by atoms with van der Waals surface area (Å²) in [4.78, 5) is 3.95. The van der Waals surface area contributed by atoms with Crippen LogP contribution in [0.1, 0.15) is 6.92 Å². The van der Waals surface area contributed by atoms with Gasteiger partial charge < -0.3 is 0 Å². The third-order valence-corrected chi connectivity index (χ3v) is 0.799. The molecule has 7 heavy (non-hydrogen) atoms. The van der Waals surface area contributed by atoms with Gasteiger partial charge in [0.15, 0.2) is 0 Å². The zero-order valence-electron chi connectivity index (χ0n) is 4.50. The summed E-state index contributed by atoms with van der Waals surface area (Å²) in [6.07, 6.45) is 1.86. The van der Waals surface area contributed by atoms with E-state index in [0.717, 1.165) is 0 Å². The van der Waals surface area contributed by atoms with Crippen LogP contribution in [0.15, 0.2) is 10.1 Å². The Morgan fingerprint density at radius 2 is 2.43 bits per heavy atom. The lowest BCUT2D eigenvalue weighted by atomic mass is 10.6. The van der Waals surface area contributed by atoms with Crippen LogP contribution >= 0.6 is 0 Å². The Morgan fingerprint density at radius 1 is 1.71 bits per heavy atom. The maximum atomic E-state index is 4.00. The normalized spacial score (nSPS) is 28.3. The Labute approximate surface area is 42.4 Å². The molecule has 1 atom stereocenters. The first kappa shape index (κ1) is 4.43. The smallest absolute Gasteiger partial charge is 0.141 e. The molecule has 0 saturated heterocycles. The van der Waals surface area contributed by atoms with Crippen molar-refractivity contribution in [2.75, 3.05) is 7.05 Å². The van der Waals surface area contributed by atoms with Crippen LogP contribution in [0.2, 0.25) is 0 Å². The minimum Gasteiger partial charge on any atom is -0.141 e. The molecule has 0 radical (unpaired) electrons. The summed E-state index contributed by atoms with van der Waals surface area (Å²) >= 11 is 0. The molecular formula is C4H8N3+. The Hall–Kier alpha value is -0.730. The number of hydrogen-bond acceptors (Lipinski definition) is 2. The molecule has 0 aliphatic carbocycles. The molecule has 0 unspecified atom stereocenters. The maximum absolute atomic E-state index is 4.00. The van der Waals surface area contributed by atoms with Gasteiger partial charge in [-0.3, -0.25) is 0 Å². The monoisotopic (exact) mass is 98.1 g/mol. The van der Waals surface area contributed by atoms with Gasteiger partial charge in [0.25, 0.3) is 6.17 Å². The van der Waals surface area contributed by atoms with E-state index in [4.69, 9.17) is 0 Å². The van der Waals surface area contributed by atoms with Gasteiger partial charge in [0.05, 0.1) is 0 Å². The van der Waals surface area contributed by atoms with Gasteiger partial charge in [-0.25, -0.2) is 0 Å². The van der Waals surface area contributed by atoms with E-state index in [1.165, 1.54) is 0 Å². The van der Waals surface area contributed by atoms with Gasteiger partial charge in [-0.15, -0.1) is 4.70 Å². The molecule has 0 N–H and O–H groups in total. The Balaban J connectivity index is 2.69. The first-order chi connectivity index (χ1) is 3.29. The average molecular weight is 98.1 g/mol. The lowest BCUT2D eigenvalue weighted by molar-refractivity contribution is -0.436. The molecule has 1 aliphatic heterocycles. The molecule has 1 rings (SSSR count). The van der Waals surface area contributed by atoms with Gasteiger partial charge in [-0.1, -0.05) is 10.1 Å². The third-order valence-electron chi connectivity index (χ3n) is 0.799. The van der Waals surface area contributed by atoms with E-state index < -0.39 is 0 Å².